The Labute approximate surface area is 250 Å². The zero-order chi connectivity index (χ0) is 34.4. The number of nitrogens with one attached hydrogen (secondary N) is 1. The van der Waals surface area contributed by atoms with Gasteiger partial charge in [-0.3, -0.25) is 4.79 Å². The molecule has 5 N–H and O–H groups in total. The van der Waals surface area contributed by atoms with Gasteiger partial charge in [0.15, 0.2) is 5.41 Å². The zero-order valence-corrected chi connectivity index (χ0v) is 24.8. The van der Waals surface area contributed by atoms with E-state index in [0.29, 0.717) is 11.6 Å². The van der Waals surface area contributed by atoms with Gasteiger partial charge in [0.05, 0.1) is 18.5 Å². The average Bonchev–Trinajstić information content (AvgIpc) is 2.90. The van der Waals surface area contributed by atoms with Crippen LogP contribution in [-0.2, 0) is 9.53 Å². The molecule has 0 radical (unpaired) electrons. The molecule has 0 aliphatic heterocycles. The summed E-state index contributed by atoms with van der Waals surface area (Å²) in [5.41, 5.74) is 1.18. The topological polar surface area (TPSA) is 105 Å². The molecule has 2 atom stereocenters. The van der Waals surface area contributed by atoms with Crippen LogP contribution in [-0.4, -0.2) is 40.7 Å². The number of aliphatic hydroxyl groups is 2. The van der Waals surface area contributed by atoms with E-state index in [2.05, 4.69) is 43.9 Å². The zero-order valence-electron chi connectivity index (χ0n) is 24.8. The highest BCUT2D eigenvalue weighted by Crippen LogP contribution is 2.52. The largest absolute Gasteiger partial charge is 0.506 e. The van der Waals surface area contributed by atoms with Crippen LogP contribution in [0.5, 0.6) is 0 Å². The molecule has 0 rings (SSSR count). The number of hydrogen-bond donors (Lipinski definition) is 4. The summed E-state index contributed by atoms with van der Waals surface area (Å²) in [7, 11) is 0. The van der Waals surface area contributed by atoms with Gasteiger partial charge in [0.2, 0.25) is 0 Å². The van der Waals surface area contributed by atoms with Crippen molar-refractivity contribution in [3.05, 3.63) is 123 Å². The molecule has 0 saturated carbocycles. The van der Waals surface area contributed by atoms with Gasteiger partial charge in [-0.2, -0.15) is 26.3 Å². The van der Waals surface area contributed by atoms with E-state index in [1.54, 1.807) is 13.8 Å². The van der Waals surface area contributed by atoms with E-state index in [0.717, 1.165) is 18.5 Å². The van der Waals surface area contributed by atoms with E-state index >= 15 is 0 Å². The molecule has 1 amide bonds. The first-order valence-corrected chi connectivity index (χ1v) is 12.5. The number of amides is 1. The third-order valence-electron chi connectivity index (χ3n) is 4.92. The summed E-state index contributed by atoms with van der Waals surface area (Å²) in [4.78, 5) is 11.8. The Bertz CT molecular complexity index is 1050. The number of nitrogens with two attached hydrogens (primary N) is 1. The third kappa shape index (κ3) is 16.7. The second-order valence-corrected chi connectivity index (χ2v) is 8.63. The smallest absolute Gasteiger partial charge is 0.410 e. The Hall–Kier alpha value is -4.19. The van der Waals surface area contributed by atoms with Crippen molar-refractivity contribution in [2.75, 3.05) is 0 Å². The highest BCUT2D eigenvalue weighted by atomic mass is 19.4. The van der Waals surface area contributed by atoms with Crippen molar-refractivity contribution in [2.45, 2.75) is 52.3 Å². The van der Waals surface area contributed by atoms with Crippen LogP contribution < -0.4 is 11.1 Å². The highest BCUT2D eigenvalue weighted by Gasteiger charge is 2.67. The van der Waals surface area contributed by atoms with Gasteiger partial charge >= 0.3 is 12.4 Å². The minimum absolute atomic E-state index is 0.000185. The lowest BCUT2D eigenvalue weighted by molar-refractivity contribution is -0.302. The van der Waals surface area contributed by atoms with Crippen molar-refractivity contribution in [1.29, 1.82) is 0 Å². The number of hydrogen-bond acceptors (Lipinski definition) is 5. The number of carbonyl (C=O) groups excluding carboxylic acids is 1. The lowest BCUT2D eigenvalue weighted by atomic mass is 9.86. The fourth-order valence-electron chi connectivity index (χ4n) is 2.64. The molecule has 242 valence electrons. The van der Waals surface area contributed by atoms with E-state index in [-0.39, 0.29) is 35.5 Å². The average molecular weight is 621 g/mol. The van der Waals surface area contributed by atoms with Gasteiger partial charge in [-0.1, -0.05) is 69.7 Å². The van der Waals surface area contributed by atoms with Crippen LogP contribution in [0.2, 0.25) is 0 Å². The van der Waals surface area contributed by atoms with E-state index in [4.69, 9.17) is 9.84 Å². The van der Waals surface area contributed by atoms with Crippen LogP contribution in [0, 0.1) is 11.3 Å². The molecule has 0 aromatic rings. The summed E-state index contributed by atoms with van der Waals surface area (Å²) in [6, 6.07) is 0. The second kappa shape index (κ2) is 21.5. The van der Waals surface area contributed by atoms with Gasteiger partial charge in [-0.15, -0.1) is 6.58 Å². The standard InChI is InChI=1S/C17H23NO3.C12H14F6O.C2H5N/c1-6-9-12(4)16(20)14(7-2)10-13(5)17(21)18-11-15(19)8-3;1-4-10(11(13,14)15,12(16,17)18)7-5-6-8-19-9(2)3;1-2-3/h6-12,16,19-20H,2-3,5H2,1,4H3,(H,18,21);4-9H,1H2,2-3H3;2H,1,3H2/b9-6?,14-10+,15-11-;7-5+,8-6+;. The van der Waals surface area contributed by atoms with Gasteiger partial charge < -0.3 is 26.0 Å². The normalized spacial score (nSPS) is 14.2. The number of aliphatic hydroxyl groups excluding tert-OH is 2. The van der Waals surface area contributed by atoms with Gasteiger partial charge in [0.1, 0.15) is 5.76 Å². The van der Waals surface area contributed by atoms with Gasteiger partial charge in [0.25, 0.3) is 5.91 Å². The molecular formula is C31H42F6N2O4. The van der Waals surface area contributed by atoms with E-state index in [1.165, 1.54) is 24.4 Å². The fraction of sp³-hybridized carbons (Fsp3) is 0.323. The first-order chi connectivity index (χ1) is 19.8. The lowest BCUT2D eigenvalue weighted by Crippen LogP contribution is -2.46. The van der Waals surface area contributed by atoms with Crippen molar-refractivity contribution in [3.63, 3.8) is 0 Å². The van der Waals surface area contributed by atoms with Gasteiger partial charge in [0, 0.05) is 17.7 Å². The van der Waals surface area contributed by atoms with Crippen LogP contribution in [0.4, 0.5) is 26.3 Å². The molecule has 0 fully saturated rings. The lowest BCUT2D eigenvalue weighted by Gasteiger charge is -2.31. The maximum Gasteiger partial charge on any atom is 0.410 e. The second-order valence-electron chi connectivity index (χ2n) is 8.63. The molecular weight excluding hydrogens is 578 g/mol. The van der Waals surface area contributed by atoms with Crippen LogP contribution in [0.1, 0.15) is 27.7 Å². The molecule has 0 aliphatic rings. The Kier molecular flexibility index (Phi) is 21.6. The van der Waals surface area contributed by atoms with Gasteiger partial charge in [-0.25, -0.2) is 0 Å². The molecule has 0 bridgehead atoms. The van der Waals surface area contributed by atoms with Gasteiger partial charge in [-0.05, 0) is 50.8 Å². The minimum Gasteiger partial charge on any atom is -0.506 e. The molecule has 0 saturated heterocycles. The maximum absolute atomic E-state index is 12.6. The van der Waals surface area contributed by atoms with Crippen LogP contribution in [0.25, 0.3) is 0 Å². The number of rotatable bonds is 13. The van der Waals surface area contributed by atoms with Crippen LogP contribution in [0.3, 0.4) is 0 Å². The molecule has 0 aromatic carbocycles. The number of alkyl halides is 6. The van der Waals surface area contributed by atoms with Crippen LogP contribution in [0.15, 0.2) is 123 Å². The fourth-order valence-corrected chi connectivity index (χ4v) is 2.64. The first-order valence-electron chi connectivity index (χ1n) is 12.5. The van der Waals surface area contributed by atoms with Crippen molar-refractivity contribution in [1.82, 2.24) is 5.32 Å². The SMILES string of the molecule is C=C/C(O)=C/NC(=O)C(=C)/C=C(\C=C)C(O)C(C)C=CC.C=CC(/C=C/C=C/OC(C)C)(C(F)(F)F)C(F)(F)F.C=CN. The molecule has 0 spiro atoms. The Morgan fingerprint density at radius 3 is 1.86 bits per heavy atom. The predicted molar refractivity (Wildman–Crippen MR) is 160 cm³/mol. The highest BCUT2D eigenvalue weighted by molar-refractivity contribution is 5.96. The first kappa shape index (κ1) is 43.3. The quantitative estimate of drug-likeness (QED) is 0.0553. The summed E-state index contributed by atoms with van der Waals surface area (Å²) in [6.07, 6.45) is 0.605. The van der Waals surface area contributed by atoms with Crippen molar-refractivity contribution in [3.8, 4) is 0 Å². The monoisotopic (exact) mass is 620 g/mol. The van der Waals surface area contributed by atoms with Crippen molar-refractivity contribution >= 4 is 5.91 Å². The summed E-state index contributed by atoms with van der Waals surface area (Å²) in [5.74, 6) is -0.765. The predicted octanol–water partition coefficient (Wildman–Crippen LogP) is 7.80. The molecule has 0 aliphatic carbocycles. The Morgan fingerprint density at radius 1 is 0.977 bits per heavy atom. The van der Waals surface area contributed by atoms with E-state index in [1.807, 2.05) is 26.0 Å². The minimum atomic E-state index is -5.52. The molecule has 43 heavy (non-hydrogen) atoms. The van der Waals surface area contributed by atoms with Crippen molar-refractivity contribution in [2.24, 2.45) is 17.1 Å². The number of ether oxygens (including phenoxy) is 1. The van der Waals surface area contributed by atoms with Crippen molar-refractivity contribution < 1.29 is 46.1 Å². The molecule has 6 nitrogen and oxygen atoms in total. The summed E-state index contributed by atoms with van der Waals surface area (Å²) < 4.78 is 80.5. The number of allylic oxidation sites excluding steroid dienone is 6. The Balaban J connectivity index is -0.000000684. The number of halogens is 6. The molecule has 2 unspecified atom stereocenters. The number of carbonyl (C=O) groups is 1. The maximum atomic E-state index is 12.6. The molecule has 0 heterocycles. The molecule has 12 heteroatoms. The van der Waals surface area contributed by atoms with E-state index in [9.17, 15) is 36.2 Å². The summed E-state index contributed by atoms with van der Waals surface area (Å²) in [5, 5.41) is 21.7. The summed E-state index contributed by atoms with van der Waals surface area (Å²) in [6.45, 7) is 23.4. The third-order valence-corrected chi connectivity index (χ3v) is 4.92. The molecule has 0 aromatic heterocycles. The Morgan fingerprint density at radius 2 is 1.49 bits per heavy atom. The van der Waals surface area contributed by atoms with Crippen LogP contribution >= 0.6 is 0 Å². The summed E-state index contributed by atoms with van der Waals surface area (Å²) >= 11 is 0. The van der Waals surface area contributed by atoms with E-state index < -0.39 is 29.8 Å².